The molecule has 0 unspecified atom stereocenters. The highest BCUT2D eigenvalue weighted by Crippen LogP contribution is 2.30. The number of rotatable bonds is 14. The summed E-state index contributed by atoms with van der Waals surface area (Å²) in [6, 6.07) is 13.8. The zero-order chi connectivity index (χ0) is 27.6. The van der Waals surface area contributed by atoms with E-state index in [2.05, 4.69) is 21.2 Å². The number of benzene rings is 2. The zero-order valence-corrected chi connectivity index (χ0v) is 24.6. The van der Waals surface area contributed by atoms with Gasteiger partial charge < -0.3 is 15.0 Å². The van der Waals surface area contributed by atoms with Gasteiger partial charge in [0, 0.05) is 30.0 Å². The van der Waals surface area contributed by atoms with Crippen LogP contribution in [0.5, 0.6) is 5.75 Å². The molecule has 2 aromatic carbocycles. The summed E-state index contributed by atoms with van der Waals surface area (Å²) in [5.74, 6) is 0.0263. The standard InChI is InChI=1S/C27H38BrN3O5S/c1-6-20(3)29-27(33)21(4)30(19-22-14-16-23(28)17-15-22)26(32)13-10-18-31(37(5,34)35)24-11-8-9-12-25(24)36-7-2/h8-9,11-12,14-17,20-21H,6-7,10,13,18-19H2,1-5H3,(H,29,33)/t20-,21+/m1/s1. The highest BCUT2D eigenvalue weighted by molar-refractivity contribution is 9.10. The third-order valence-corrected chi connectivity index (χ3v) is 7.73. The molecule has 0 fully saturated rings. The molecular formula is C27H38BrN3O5S. The van der Waals surface area contributed by atoms with Crippen molar-refractivity contribution in [3.63, 3.8) is 0 Å². The fraction of sp³-hybridized carbons (Fsp3) is 0.481. The maximum Gasteiger partial charge on any atom is 0.242 e. The van der Waals surface area contributed by atoms with Crippen LogP contribution in [0.15, 0.2) is 53.0 Å². The molecule has 0 saturated carbocycles. The summed E-state index contributed by atoms with van der Waals surface area (Å²) in [5, 5.41) is 2.95. The van der Waals surface area contributed by atoms with Crippen LogP contribution in [0.4, 0.5) is 5.69 Å². The number of carbonyl (C=O) groups is 2. The van der Waals surface area contributed by atoms with Gasteiger partial charge in [0.05, 0.1) is 18.6 Å². The topological polar surface area (TPSA) is 96.0 Å². The van der Waals surface area contributed by atoms with Crippen LogP contribution in [0.25, 0.3) is 0 Å². The third-order valence-electron chi connectivity index (χ3n) is 6.02. The predicted molar refractivity (Wildman–Crippen MR) is 151 cm³/mol. The summed E-state index contributed by atoms with van der Waals surface area (Å²) in [4.78, 5) is 27.8. The molecule has 0 aliphatic carbocycles. The Labute approximate surface area is 229 Å². The van der Waals surface area contributed by atoms with Crippen LogP contribution in [-0.2, 0) is 26.2 Å². The van der Waals surface area contributed by atoms with E-state index >= 15 is 0 Å². The number of hydrogen-bond acceptors (Lipinski definition) is 5. The summed E-state index contributed by atoms with van der Waals surface area (Å²) < 4.78 is 33.0. The second-order valence-corrected chi connectivity index (χ2v) is 11.8. The molecule has 1 N–H and O–H groups in total. The van der Waals surface area contributed by atoms with Crippen LogP contribution in [0.3, 0.4) is 0 Å². The third kappa shape index (κ3) is 9.34. The zero-order valence-electron chi connectivity index (χ0n) is 22.2. The summed E-state index contributed by atoms with van der Waals surface area (Å²) in [7, 11) is -3.62. The average Bonchev–Trinajstić information content (AvgIpc) is 2.85. The lowest BCUT2D eigenvalue weighted by Gasteiger charge is -2.30. The Hall–Kier alpha value is -2.59. The number of anilines is 1. The molecule has 0 saturated heterocycles. The van der Waals surface area contributed by atoms with E-state index in [0.717, 1.165) is 22.7 Å². The number of ether oxygens (including phenoxy) is 1. The van der Waals surface area contributed by atoms with Crippen LogP contribution in [0.1, 0.15) is 52.5 Å². The van der Waals surface area contributed by atoms with E-state index in [1.165, 1.54) is 4.31 Å². The van der Waals surface area contributed by atoms with Gasteiger partial charge in [-0.25, -0.2) is 8.42 Å². The van der Waals surface area contributed by atoms with Gasteiger partial charge in [-0.3, -0.25) is 13.9 Å². The summed E-state index contributed by atoms with van der Waals surface area (Å²) >= 11 is 3.42. The van der Waals surface area contributed by atoms with Gasteiger partial charge in [0.25, 0.3) is 0 Å². The van der Waals surface area contributed by atoms with Crippen molar-refractivity contribution in [2.75, 3.05) is 23.7 Å². The number of amides is 2. The molecule has 0 aromatic heterocycles. The van der Waals surface area contributed by atoms with E-state index in [-0.39, 0.29) is 43.8 Å². The van der Waals surface area contributed by atoms with Crippen LogP contribution in [-0.4, -0.2) is 56.6 Å². The molecule has 0 radical (unpaired) electrons. The van der Waals surface area contributed by atoms with Crippen molar-refractivity contribution in [3.05, 3.63) is 58.6 Å². The normalized spacial score (nSPS) is 12.9. The number of para-hydroxylation sites is 2. The first-order valence-corrected chi connectivity index (χ1v) is 15.2. The average molecular weight is 597 g/mol. The molecule has 37 heavy (non-hydrogen) atoms. The summed E-state index contributed by atoms with van der Waals surface area (Å²) in [6.45, 7) is 8.23. The molecule has 0 bridgehead atoms. The van der Waals surface area contributed by atoms with Gasteiger partial charge >= 0.3 is 0 Å². The molecule has 0 aliphatic heterocycles. The lowest BCUT2D eigenvalue weighted by Crippen LogP contribution is -2.49. The molecule has 0 aliphatic rings. The van der Waals surface area contributed by atoms with E-state index in [0.29, 0.717) is 18.0 Å². The SMILES string of the molecule is CCOc1ccccc1N(CCCC(=O)N(Cc1ccc(Br)cc1)[C@@H](C)C(=O)N[C@H](C)CC)S(C)(=O)=O. The Morgan fingerprint density at radius 3 is 2.30 bits per heavy atom. The van der Waals surface area contributed by atoms with Crippen molar-refractivity contribution >= 4 is 43.5 Å². The van der Waals surface area contributed by atoms with Crippen molar-refractivity contribution < 1.29 is 22.7 Å². The van der Waals surface area contributed by atoms with Gasteiger partial charge in [-0.2, -0.15) is 0 Å². The molecule has 2 atom stereocenters. The molecule has 0 heterocycles. The number of nitrogens with one attached hydrogen (secondary N) is 1. The highest BCUT2D eigenvalue weighted by Gasteiger charge is 2.27. The van der Waals surface area contributed by atoms with E-state index < -0.39 is 16.1 Å². The predicted octanol–water partition coefficient (Wildman–Crippen LogP) is 4.73. The van der Waals surface area contributed by atoms with Gasteiger partial charge in [-0.1, -0.05) is 47.1 Å². The van der Waals surface area contributed by atoms with E-state index in [4.69, 9.17) is 4.74 Å². The number of nitrogens with zero attached hydrogens (tertiary/aromatic N) is 2. The highest BCUT2D eigenvalue weighted by atomic mass is 79.9. The van der Waals surface area contributed by atoms with Crippen molar-refractivity contribution in [1.82, 2.24) is 10.2 Å². The van der Waals surface area contributed by atoms with Crippen molar-refractivity contribution in [3.8, 4) is 5.75 Å². The molecule has 2 rings (SSSR count). The Morgan fingerprint density at radius 1 is 1.05 bits per heavy atom. The molecule has 0 spiro atoms. The van der Waals surface area contributed by atoms with Gasteiger partial charge in [-0.15, -0.1) is 0 Å². The van der Waals surface area contributed by atoms with E-state index in [9.17, 15) is 18.0 Å². The van der Waals surface area contributed by atoms with Gasteiger partial charge in [-0.05, 0) is 63.4 Å². The van der Waals surface area contributed by atoms with Crippen LogP contribution < -0.4 is 14.4 Å². The molecule has 2 amide bonds. The van der Waals surface area contributed by atoms with Gasteiger partial charge in [0.2, 0.25) is 21.8 Å². The summed E-state index contributed by atoms with van der Waals surface area (Å²) in [6.07, 6.45) is 2.28. The first kappa shape index (κ1) is 30.6. The fourth-order valence-corrected chi connectivity index (χ4v) is 4.99. The summed E-state index contributed by atoms with van der Waals surface area (Å²) in [5.41, 5.74) is 1.33. The van der Waals surface area contributed by atoms with Crippen LogP contribution in [0.2, 0.25) is 0 Å². The minimum atomic E-state index is -3.62. The first-order valence-electron chi connectivity index (χ1n) is 12.5. The Balaban J connectivity index is 2.20. The van der Waals surface area contributed by atoms with Crippen LogP contribution in [0, 0.1) is 0 Å². The number of sulfonamides is 1. The quantitative estimate of drug-likeness (QED) is 0.341. The maximum atomic E-state index is 13.4. The first-order chi connectivity index (χ1) is 17.5. The molecule has 10 heteroatoms. The Bertz CT molecular complexity index is 1140. The van der Waals surface area contributed by atoms with E-state index in [1.54, 1.807) is 36.1 Å². The van der Waals surface area contributed by atoms with Crippen LogP contribution >= 0.6 is 15.9 Å². The van der Waals surface area contributed by atoms with Gasteiger partial charge in [0.1, 0.15) is 11.8 Å². The van der Waals surface area contributed by atoms with Crippen molar-refractivity contribution in [2.45, 2.75) is 65.6 Å². The molecule has 204 valence electrons. The Kier molecular flexibility index (Phi) is 11.9. The molecule has 8 nitrogen and oxygen atoms in total. The lowest BCUT2D eigenvalue weighted by molar-refractivity contribution is -0.140. The number of hydrogen-bond donors (Lipinski definition) is 1. The smallest absolute Gasteiger partial charge is 0.242 e. The second-order valence-electron chi connectivity index (χ2n) is 8.98. The maximum absolute atomic E-state index is 13.4. The van der Waals surface area contributed by atoms with E-state index in [1.807, 2.05) is 45.0 Å². The lowest BCUT2D eigenvalue weighted by atomic mass is 10.1. The van der Waals surface area contributed by atoms with Crippen molar-refractivity contribution in [2.24, 2.45) is 0 Å². The monoisotopic (exact) mass is 595 g/mol. The number of carbonyl (C=O) groups excluding carboxylic acids is 2. The number of halogens is 1. The second kappa shape index (κ2) is 14.4. The molecule has 2 aromatic rings. The largest absolute Gasteiger partial charge is 0.492 e. The molecular weight excluding hydrogens is 558 g/mol. The van der Waals surface area contributed by atoms with Gasteiger partial charge in [0.15, 0.2) is 0 Å². The Morgan fingerprint density at radius 2 is 1.70 bits per heavy atom. The van der Waals surface area contributed by atoms with Crippen molar-refractivity contribution in [1.29, 1.82) is 0 Å². The fourth-order valence-electron chi connectivity index (χ4n) is 3.76. The minimum absolute atomic E-state index is 0.00619. The minimum Gasteiger partial charge on any atom is -0.492 e.